The normalized spacial score (nSPS) is 10.3. The Bertz CT molecular complexity index is 608. The number of hydrogen-bond donors (Lipinski definition) is 2. The predicted molar refractivity (Wildman–Crippen MR) is 69.7 cm³/mol. The van der Waals surface area contributed by atoms with Crippen molar-refractivity contribution in [3.05, 3.63) is 29.8 Å². The minimum atomic E-state index is -0.973. The standard InChI is InChI=1S/C12H13F2N5O/c1-2-5-20-12-18-10(15)17-11(19-12)16-7-3-4-8(13)9(14)6-7/h3-4,6H,2,5H2,1H3,(H3,15,16,17,18,19). The molecule has 0 spiro atoms. The fourth-order valence-corrected chi connectivity index (χ4v) is 1.39. The highest BCUT2D eigenvalue weighted by Gasteiger charge is 2.07. The molecule has 20 heavy (non-hydrogen) atoms. The minimum Gasteiger partial charge on any atom is -0.463 e. The quantitative estimate of drug-likeness (QED) is 0.874. The van der Waals surface area contributed by atoms with Gasteiger partial charge in [-0.15, -0.1) is 0 Å². The van der Waals surface area contributed by atoms with Gasteiger partial charge in [0.1, 0.15) is 0 Å². The van der Waals surface area contributed by atoms with E-state index in [4.69, 9.17) is 10.5 Å². The predicted octanol–water partition coefficient (Wildman–Crippen LogP) is 2.26. The van der Waals surface area contributed by atoms with Crippen molar-refractivity contribution in [1.82, 2.24) is 15.0 Å². The van der Waals surface area contributed by atoms with E-state index in [9.17, 15) is 8.78 Å². The van der Waals surface area contributed by atoms with Crippen molar-refractivity contribution in [2.24, 2.45) is 0 Å². The number of nitrogen functional groups attached to an aromatic ring is 1. The number of hydrogen-bond acceptors (Lipinski definition) is 6. The molecule has 1 aromatic carbocycles. The van der Waals surface area contributed by atoms with Crippen molar-refractivity contribution in [2.75, 3.05) is 17.7 Å². The van der Waals surface area contributed by atoms with Crippen LogP contribution in [0.1, 0.15) is 13.3 Å². The molecule has 0 aliphatic carbocycles. The highest BCUT2D eigenvalue weighted by molar-refractivity contribution is 5.54. The first-order valence-electron chi connectivity index (χ1n) is 5.95. The molecule has 2 aromatic rings. The zero-order chi connectivity index (χ0) is 14.5. The van der Waals surface area contributed by atoms with Crippen molar-refractivity contribution in [2.45, 2.75) is 13.3 Å². The van der Waals surface area contributed by atoms with Crippen molar-refractivity contribution in [1.29, 1.82) is 0 Å². The van der Waals surface area contributed by atoms with E-state index in [0.717, 1.165) is 18.6 Å². The van der Waals surface area contributed by atoms with Gasteiger partial charge in [0.25, 0.3) is 0 Å². The van der Waals surface area contributed by atoms with Gasteiger partial charge in [-0.05, 0) is 18.6 Å². The van der Waals surface area contributed by atoms with Crippen molar-refractivity contribution in [3.63, 3.8) is 0 Å². The third-order valence-corrected chi connectivity index (χ3v) is 2.24. The molecule has 0 aliphatic rings. The maximum absolute atomic E-state index is 13.1. The Morgan fingerprint density at radius 1 is 1.20 bits per heavy atom. The monoisotopic (exact) mass is 281 g/mol. The van der Waals surface area contributed by atoms with Gasteiger partial charge in [0, 0.05) is 11.8 Å². The number of nitrogens with zero attached hydrogens (tertiary/aromatic N) is 3. The van der Waals surface area contributed by atoms with Gasteiger partial charge < -0.3 is 15.8 Å². The van der Waals surface area contributed by atoms with Gasteiger partial charge in [-0.3, -0.25) is 0 Å². The van der Waals surface area contributed by atoms with Crippen LogP contribution in [0.25, 0.3) is 0 Å². The molecule has 0 radical (unpaired) electrons. The molecule has 6 nitrogen and oxygen atoms in total. The Kier molecular flexibility index (Phi) is 4.24. The molecule has 0 saturated carbocycles. The van der Waals surface area contributed by atoms with Crippen LogP contribution >= 0.6 is 0 Å². The second kappa shape index (κ2) is 6.09. The number of aromatic nitrogens is 3. The second-order valence-corrected chi connectivity index (χ2v) is 3.90. The molecule has 0 unspecified atom stereocenters. The van der Waals surface area contributed by atoms with Crippen LogP contribution in [-0.4, -0.2) is 21.6 Å². The molecular formula is C12H13F2N5O. The molecule has 0 saturated heterocycles. The Labute approximate surface area is 114 Å². The largest absolute Gasteiger partial charge is 0.463 e. The molecule has 0 aliphatic heterocycles. The van der Waals surface area contributed by atoms with E-state index in [0.29, 0.717) is 6.61 Å². The third kappa shape index (κ3) is 3.50. The number of anilines is 3. The van der Waals surface area contributed by atoms with Gasteiger partial charge >= 0.3 is 6.01 Å². The summed E-state index contributed by atoms with van der Waals surface area (Å²) >= 11 is 0. The molecule has 3 N–H and O–H groups in total. The molecule has 0 bridgehead atoms. The maximum Gasteiger partial charge on any atom is 0.323 e. The Morgan fingerprint density at radius 3 is 2.70 bits per heavy atom. The molecule has 1 heterocycles. The average molecular weight is 281 g/mol. The summed E-state index contributed by atoms with van der Waals surface area (Å²) in [4.78, 5) is 11.6. The fourth-order valence-electron chi connectivity index (χ4n) is 1.39. The van der Waals surface area contributed by atoms with E-state index < -0.39 is 11.6 Å². The van der Waals surface area contributed by atoms with E-state index in [1.807, 2.05) is 6.92 Å². The smallest absolute Gasteiger partial charge is 0.323 e. The lowest BCUT2D eigenvalue weighted by atomic mass is 10.3. The van der Waals surface area contributed by atoms with Crippen LogP contribution in [-0.2, 0) is 0 Å². The highest BCUT2D eigenvalue weighted by atomic mass is 19.2. The summed E-state index contributed by atoms with van der Waals surface area (Å²) in [5, 5.41) is 2.70. The molecule has 0 atom stereocenters. The summed E-state index contributed by atoms with van der Waals surface area (Å²) < 4.78 is 31.2. The fraction of sp³-hybridized carbons (Fsp3) is 0.250. The molecule has 106 valence electrons. The minimum absolute atomic E-state index is 0.0313. The number of ether oxygens (including phenoxy) is 1. The zero-order valence-electron chi connectivity index (χ0n) is 10.7. The van der Waals surface area contributed by atoms with E-state index in [2.05, 4.69) is 20.3 Å². The zero-order valence-corrected chi connectivity index (χ0v) is 10.7. The summed E-state index contributed by atoms with van der Waals surface area (Å²) in [5.41, 5.74) is 5.81. The molecule has 0 amide bonds. The number of halogens is 2. The lowest BCUT2D eigenvalue weighted by Gasteiger charge is -2.08. The van der Waals surface area contributed by atoms with Gasteiger partial charge in [-0.1, -0.05) is 6.92 Å². The average Bonchev–Trinajstić information content (AvgIpc) is 2.40. The van der Waals surface area contributed by atoms with Crippen LogP contribution in [0.2, 0.25) is 0 Å². The van der Waals surface area contributed by atoms with Crippen LogP contribution in [0.5, 0.6) is 6.01 Å². The van der Waals surface area contributed by atoms with Gasteiger partial charge in [0.05, 0.1) is 6.61 Å². The van der Waals surface area contributed by atoms with Crippen LogP contribution in [0.4, 0.5) is 26.4 Å². The lowest BCUT2D eigenvalue weighted by molar-refractivity contribution is 0.292. The summed E-state index contributed by atoms with van der Waals surface area (Å²) in [6.45, 7) is 2.37. The summed E-state index contributed by atoms with van der Waals surface area (Å²) in [7, 11) is 0. The Hall–Kier alpha value is -2.51. The molecule has 8 heteroatoms. The molecule has 1 aromatic heterocycles. The summed E-state index contributed by atoms with van der Waals surface area (Å²) in [6.07, 6.45) is 0.789. The van der Waals surface area contributed by atoms with Crippen molar-refractivity contribution in [3.8, 4) is 6.01 Å². The van der Waals surface area contributed by atoms with Gasteiger partial charge in [-0.2, -0.15) is 15.0 Å². The third-order valence-electron chi connectivity index (χ3n) is 2.24. The van der Waals surface area contributed by atoms with E-state index >= 15 is 0 Å². The molecule has 2 rings (SSSR count). The van der Waals surface area contributed by atoms with Crippen LogP contribution < -0.4 is 15.8 Å². The number of nitrogens with two attached hydrogens (primary N) is 1. The van der Waals surface area contributed by atoms with Crippen molar-refractivity contribution >= 4 is 17.6 Å². The van der Waals surface area contributed by atoms with E-state index in [1.54, 1.807) is 0 Å². The van der Waals surface area contributed by atoms with Crippen LogP contribution in [0.3, 0.4) is 0 Å². The lowest BCUT2D eigenvalue weighted by Crippen LogP contribution is -2.07. The Morgan fingerprint density at radius 2 is 2.00 bits per heavy atom. The van der Waals surface area contributed by atoms with Gasteiger partial charge in [0.2, 0.25) is 11.9 Å². The maximum atomic E-state index is 13.1. The number of nitrogens with one attached hydrogen (secondary N) is 1. The van der Waals surface area contributed by atoms with Crippen LogP contribution in [0, 0.1) is 11.6 Å². The SMILES string of the molecule is CCCOc1nc(N)nc(Nc2ccc(F)c(F)c2)n1. The second-order valence-electron chi connectivity index (χ2n) is 3.90. The van der Waals surface area contributed by atoms with Crippen molar-refractivity contribution < 1.29 is 13.5 Å². The van der Waals surface area contributed by atoms with Gasteiger partial charge in [-0.25, -0.2) is 8.78 Å². The molecule has 0 fully saturated rings. The van der Waals surface area contributed by atoms with E-state index in [1.165, 1.54) is 6.07 Å². The number of rotatable bonds is 5. The number of benzene rings is 1. The van der Waals surface area contributed by atoms with Gasteiger partial charge in [0.15, 0.2) is 11.6 Å². The first-order valence-corrected chi connectivity index (χ1v) is 5.95. The first-order chi connectivity index (χ1) is 9.58. The first kappa shape index (κ1) is 13.9. The van der Waals surface area contributed by atoms with E-state index in [-0.39, 0.29) is 23.6 Å². The van der Waals surface area contributed by atoms with Crippen LogP contribution in [0.15, 0.2) is 18.2 Å². The molecular weight excluding hydrogens is 268 g/mol. The Balaban J connectivity index is 2.19. The summed E-state index contributed by atoms with van der Waals surface area (Å²) in [5.74, 6) is -1.84. The summed E-state index contributed by atoms with van der Waals surface area (Å²) in [6, 6.07) is 3.41. The topological polar surface area (TPSA) is 86.0 Å². The highest BCUT2D eigenvalue weighted by Crippen LogP contribution is 2.18.